The Balaban J connectivity index is 1.75. The van der Waals surface area contributed by atoms with Gasteiger partial charge in [-0.05, 0) is 32.8 Å². The van der Waals surface area contributed by atoms with Crippen LogP contribution in [0.4, 0.5) is 5.82 Å². The predicted molar refractivity (Wildman–Crippen MR) is 121 cm³/mol. The number of β-amino-alcohol motifs (C(OH)–C–C–N with tert-alkyl or cyclic N) is 1. The first-order chi connectivity index (χ1) is 14.5. The topological polar surface area (TPSA) is 61.7 Å². The highest BCUT2D eigenvalue weighted by Crippen LogP contribution is 2.26. The van der Waals surface area contributed by atoms with Crippen LogP contribution in [0.1, 0.15) is 42.1 Å². The molecule has 1 unspecified atom stereocenters. The summed E-state index contributed by atoms with van der Waals surface area (Å²) in [7, 11) is 0. The lowest BCUT2D eigenvalue weighted by Crippen LogP contribution is -2.49. The monoisotopic (exact) mass is 412 g/mol. The van der Waals surface area contributed by atoms with Gasteiger partial charge in [0.25, 0.3) is 0 Å². The molecule has 0 amide bonds. The molecule has 1 aromatic heterocycles. The summed E-state index contributed by atoms with van der Waals surface area (Å²) in [4.78, 5) is 14.3. The first kappa shape index (κ1) is 22.7. The van der Waals surface area contributed by atoms with E-state index in [2.05, 4.69) is 47.9 Å². The summed E-state index contributed by atoms with van der Waals surface area (Å²) in [5.41, 5.74) is 4.97. The van der Waals surface area contributed by atoms with Gasteiger partial charge in [-0.3, -0.25) is 4.90 Å². The second-order valence-electron chi connectivity index (χ2n) is 8.14. The van der Waals surface area contributed by atoms with Crippen molar-refractivity contribution in [3.63, 3.8) is 0 Å². The molecule has 164 valence electrons. The van der Waals surface area contributed by atoms with Gasteiger partial charge in [0, 0.05) is 57.0 Å². The van der Waals surface area contributed by atoms with Crippen LogP contribution in [0.15, 0.2) is 24.3 Å². The van der Waals surface area contributed by atoms with E-state index in [0.717, 1.165) is 56.4 Å². The molecule has 0 radical (unpaired) electrons. The SMILES string of the molecule is CCOCC(O)CN1CCN(c2nc(C)nc(CC)c2Cc2cccc(C)c2)CC1. The van der Waals surface area contributed by atoms with E-state index >= 15 is 0 Å². The van der Waals surface area contributed by atoms with Crippen molar-refractivity contribution in [1.29, 1.82) is 0 Å². The number of nitrogens with zero attached hydrogens (tertiary/aromatic N) is 4. The van der Waals surface area contributed by atoms with Crippen LogP contribution in [-0.2, 0) is 17.6 Å². The maximum atomic E-state index is 10.1. The Labute approximate surface area is 180 Å². The molecule has 0 spiro atoms. The van der Waals surface area contributed by atoms with Crippen LogP contribution in [0, 0.1) is 13.8 Å². The zero-order valence-electron chi connectivity index (χ0n) is 18.9. The summed E-state index contributed by atoms with van der Waals surface area (Å²) < 4.78 is 5.34. The molecule has 1 saturated heterocycles. The molecular weight excluding hydrogens is 376 g/mol. The normalized spacial score (nSPS) is 16.1. The molecule has 1 aliphatic rings. The Morgan fingerprint density at radius 2 is 1.87 bits per heavy atom. The number of aromatic nitrogens is 2. The third kappa shape index (κ3) is 6.00. The Morgan fingerprint density at radius 1 is 1.10 bits per heavy atom. The van der Waals surface area contributed by atoms with E-state index in [4.69, 9.17) is 14.7 Å². The molecule has 6 nitrogen and oxygen atoms in total. The molecule has 1 N–H and O–H groups in total. The van der Waals surface area contributed by atoms with Crippen LogP contribution in [-0.4, -0.2) is 72.0 Å². The average Bonchev–Trinajstić information content (AvgIpc) is 2.74. The lowest BCUT2D eigenvalue weighted by molar-refractivity contribution is 0.0202. The highest BCUT2D eigenvalue weighted by molar-refractivity contribution is 5.52. The third-order valence-corrected chi connectivity index (χ3v) is 5.64. The van der Waals surface area contributed by atoms with Crippen molar-refractivity contribution in [2.45, 2.75) is 46.6 Å². The molecule has 0 bridgehead atoms. The van der Waals surface area contributed by atoms with Crippen molar-refractivity contribution in [2.24, 2.45) is 0 Å². The van der Waals surface area contributed by atoms with Crippen molar-refractivity contribution in [3.8, 4) is 0 Å². The van der Waals surface area contributed by atoms with Gasteiger partial charge in [0.1, 0.15) is 11.6 Å². The number of ether oxygens (including phenoxy) is 1. The second kappa shape index (κ2) is 10.8. The number of anilines is 1. The number of piperazine rings is 1. The van der Waals surface area contributed by atoms with Gasteiger partial charge in [0.15, 0.2) is 0 Å². The quantitative estimate of drug-likeness (QED) is 0.683. The van der Waals surface area contributed by atoms with E-state index in [9.17, 15) is 5.11 Å². The fraction of sp³-hybridized carbons (Fsp3) is 0.583. The van der Waals surface area contributed by atoms with Crippen molar-refractivity contribution < 1.29 is 9.84 Å². The third-order valence-electron chi connectivity index (χ3n) is 5.64. The standard InChI is InChI=1S/C24H36N4O2/c1-5-23-22(15-20-9-7-8-18(3)14-20)24(26-19(4)25-23)28-12-10-27(11-13-28)16-21(29)17-30-6-2/h7-9,14,21,29H,5-6,10-13,15-17H2,1-4H3. The minimum atomic E-state index is -0.429. The highest BCUT2D eigenvalue weighted by atomic mass is 16.5. The van der Waals surface area contributed by atoms with Crippen molar-refractivity contribution in [1.82, 2.24) is 14.9 Å². The van der Waals surface area contributed by atoms with E-state index in [1.54, 1.807) is 0 Å². The first-order valence-corrected chi connectivity index (χ1v) is 11.1. The zero-order valence-corrected chi connectivity index (χ0v) is 18.9. The Morgan fingerprint density at radius 3 is 2.53 bits per heavy atom. The molecule has 30 heavy (non-hydrogen) atoms. The first-order valence-electron chi connectivity index (χ1n) is 11.1. The number of aryl methyl sites for hydroxylation is 3. The van der Waals surface area contributed by atoms with Crippen LogP contribution in [0.2, 0.25) is 0 Å². The summed E-state index contributed by atoms with van der Waals surface area (Å²) in [5.74, 6) is 1.92. The lowest BCUT2D eigenvalue weighted by Gasteiger charge is -2.37. The second-order valence-corrected chi connectivity index (χ2v) is 8.14. The van der Waals surface area contributed by atoms with Gasteiger partial charge in [0.05, 0.1) is 12.7 Å². The van der Waals surface area contributed by atoms with E-state index < -0.39 is 6.10 Å². The number of aliphatic hydroxyl groups is 1. The smallest absolute Gasteiger partial charge is 0.136 e. The molecular formula is C24H36N4O2. The Kier molecular flexibility index (Phi) is 8.19. The van der Waals surface area contributed by atoms with Gasteiger partial charge < -0.3 is 14.7 Å². The van der Waals surface area contributed by atoms with Gasteiger partial charge in [-0.2, -0.15) is 0 Å². The van der Waals surface area contributed by atoms with Gasteiger partial charge in [0.2, 0.25) is 0 Å². The number of rotatable bonds is 9. The summed E-state index contributed by atoms with van der Waals surface area (Å²) in [6, 6.07) is 8.70. The van der Waals surface area contributed by atoms with E-state index in [0.29, 0.717) is 19.8 Å². The minimum Gasteiger partial charge on any atom is -0.389 e. The molecule has 2 aromatic rings. The summed E-state index contributed by atoms with van der Waals surface area (Å²) in [5, 5.41) is 10.1. The number of aliphatic hydroxyl groups excluding tert-OH is 1. The van der Waals surface area contributed by atoms with Gasteiger partial charge >= 0.3 is 0 Å². The molecule has 1 fully saturated rings. The summed E-state index contributed by atoms with van der Waals surface area (Å²) in [6.07, 6.45) is 1.33. The number of benzene rings is 1. The molecule has 1 atom stereocenters. The Hall–Kier alpha value is -2.02. The highest BCUT2D eigenvalue weighted by Gasteiger charge is 2.24. The van der Waals surface area contributed by atoms with Crippen LogP contribution in [0.25, 0.3) is 0 Å². The lowest BCUT2D eigenvalue weighted by atomic mass is 10.0. The molecule has 6 heteroatoms. The van der Waals surface area contributed by atoms with Crippen molar-refractivity contribution in [2.75, 3.05) is 50.8 Å². The largest absolute Gasteiger partial charge is 0.389 e. The maximum Gasteiger partial charge on any atom is 0.136 e. The average molecular weight is 413 g/mol. The zero-order chi connectivity index (χ0) is 21.5. The molecule has 0 saturated carbocycles. The predicted octanol–water partition coefficient (Wildman–Crippen LogP) is 2.77. The molecule has 0 aliphatic carbocycles. The fourth-order valence-electron chi connectivity index (χ4n) is 4.15. The van der Waals surface area contributed by atoms with Crippen molar-refractivity contribution >= 4 is 5.82 Å². The minimum absolute atomic E-state index is 0.405. The van der Waals surface area contributed by atoms with Gasteiger partial charge in [-0.1, -0.05) is 36.8 Å². The molecule has 1 aliphatic heterocycles. The summed E-state index contributed by atoms with van der Waals surface area (Å²) in [6.45, 7) is 13.6. The Bertz CT molecular complexity index is 819. The summed E-state index contributed by atoms with van der Waals surface area (Å²) >= 11 is 0. The van der Waals surface area contributed by atoms with Crippen LogP contribution in [0.3, 0.4) is 0 Å². The van der Waals surface area contributed by atoms with Gasteiger partial charge in [-0.25, -0.2) is 9.97 Å². The van der Waals surface area contributed by atoms with Crippen LogP contribution >= 0.6 is 0 Å². The number of hydrogen-bond acceptors (Lipinski definition) is 6. The molecule has 3 rings (SSSR count). The van der Waals surface area contributed by atoms with E-state index in [1.165, 1.54) is 16.7 Å². The van der Waals surface area contributed by atoms with Crippen LogP contribution < -0.4 is 4.90 Å². The van der Waals surface area contributed by atoms with Crippen molar-refractivity contribution in [3.05, 3.63) is 52.5 Å². The van der Waals surface area contributed by atoms with Gasteiger partial charge in [-0.15, -0.1) is 0 Å². The number of hydrogen-bond donors (Lipinski definition) is 1. The fourth-order valence-corrected chi connectivity index (χ4v) is 4.15. The maximum absolute atomic E-state index is 10.1. The van der Waals surface area contributed by atoms with E-state index in [1.807, 2.05) is 13.8 Å². The van der Waals surface area contributed by atoms with E-state index in [-0.39, 0.29) is 0 Å². The molecule has 1 aromatic carbocycles. The van der Waals surface area contributed by atoms with Crippen LogP contribution in [0.5, 0.6) is 0 Å². The molecule has 2 heterocycles.